The van der Waals surface area contributed by atoms with E-state index < -0.39 is 5.91 Å². The van der Waals surface area contributed by atoms with Crippen molar-refractivity contribution in [3.8, 4) is 17.6 Å². The normalized spacial score (nSPS) is 10.7. The maximum atomic E-state index is 12.4. The fourth-order valence-electron chi connectivity index (χ4n) is 2.18. The van der Waals surface area contributed by atoms with Crippen LogP contribution in [0.1, 0.15) is 5.56 Å². The predicted octanol–water partition coefficient (Wildman–Crippen LogP) is 4.07. The molecule has 0 aliphatic rings. The van der Waals surface area contributed by atoms with Gasteiger partial charge in [-0.05, 0) is 65.4 Å². The molecule has 0 radical (unpaired) electrons. The Hall–Kier alpha value is -2.73. The molecule has 0 aromatic heterocycles. The van der Waals surface area contributed by atoms with Crippen LogP contribution in [0.25, 0.3) is 0 Å². The van der Waals surface area contributed by atoms with E-state index in [0.717, 1.165) is 9.13 Å². The van der Waals surface area contributed by atoms with E-state index in [9.17, 15) is 10.1 Å². The summed E-state index contributed by atoms with van der Waals surface area (Å²) in [5.74, 6) is 0.693. The quantitative estimate of drug-likeness (QED) is 0.384. The first-order chi connectivity index (χ1) is 12.5. The van der Waals surface area contributed by atoms with Crippen molar-refractivity contribution >= 4 is 39.9 Å². The van der Waals surface area contributed by atoms with Gasteiger partial charge in [0.25, 0.3) is 5.91 Å². The van der Waals surface area contributed by atoms with Gasteiger partial charge in [-0.3, -0.25) is 4.79 Å². The Kier molecular flexibility index (Phi) is 6.86. The number of aryl methyl sites for hydroxylation is 1. The first kappa shape index (κ1) is 19.6. The molecule has 0 fully saturated rings. The number of amides is 1. The number of nitriles is 1. The van der Waals surface area contributed by atoms with E-state index in [0.29, 0.717) is 22.9 Å². The van der Waals surface area contributed by atoms with E-state index >= 15 is 0 Å². The average Bonchev–Trinajstić information content (AvgIpc) is 2.64. The molecule has 0 unspecified atom stereocenters. The maximum Gasteiger partial charge on any atom is 0.267 e. The van der Waals surface area contributed by atoms with Gasteiger partial charge in [-0.1, -0.05) is 0 Å². The molecule has 0 spiro atoms. The summed E-state index contributed by atoms with van der Waals surface area (Å²) in [5, 5.41) is 15.0. The molecule has 0 saturated carbocycles. The molecule has 2 aromatic carbocycles. The second-order valence-corrected chi connectivity index (χ2v) is 6.54. The molecular formula is C19H18IN3O3. The standard InChI is InChI=1S/C19H18IN3O3/c1-12-8-14(20)4-6-16(12)23-19(24)13(10-21)11-22-17-9-15(25-2)5-7-18(17)26-3/h4-9,11,22H,1-3H3,(H,23,24)/b13-11-. The molecule has 0 bridgehead atoms. The molecule has 2 rings (SSSR count). The SMILES string of the molecule is COc1ccc(OC)c(N/C=C(/C#N)C(=O)Nc2ccc(I)cc2C)c1. The highest BCUT2D eigenvalue weighted by Gasteiger charge is 2.12. The predicted molar refractivity (Wildman–Crippen MR) is 109 cm³/mol. The van der Waals surface area contributed by atoms with Crippen LogP contribution in [-0.2, 0) is 4.79 Å². The Morgan fingerprint density at radius 2 is 1.92 bits per heavy atom. The van der Waals surface area contributed by atoms with E-state index in [1.54, 1.807) is 25.3 Å². The van der Waals surface area contributed by atoms with Gasteiger partial charge in [0.2, 0.25) is 0 Å². The Labute approximate surface area is 165 Å². The third-order valence-electron chi connectivity index (χ3n) is 3.58. The largest absolute Gasteiger partial charge is 0.497 e. The number of nitrogens with zero attached hydrogens (tertiary/aromatic N) is 1. The fraction of sp³-hybridized carbons (Fsp3) is 0.158. The summed E-state index contributed by atoms with van der Waals surface area (Å²) in [4.78, 5) is 12.4. The molecule has 0 aliphatic carbocycles. The van der Waals surface area contributed by atoms with Gasteiger partial charge in [-0.15, -0.1) is 0 Å². The summed E-state index contributed by atoms with van der Waals surface area (Å²) in [7, 11) is 3.09. The third kappa shape index (κ3) is 4.89. The van der Waals surface area contributed by atoms with Gasteiger partial charge in [0.1, 0.15) is 23.1 Å². The van der Waals surface area contributed by atoms with Crippen molar-refractivity contribution in [3.05, 3.63) is 57.3 Å². The Morgan fingerprint density at radius 3 is 2.54 bits per heavy atom. The number of anilines is 2. The molecule has 0 atom stereocenters. The van der Waals surface area contributed by atoms with Gasteiger partial charge in [0.05, 0.1) is 19.9 Å². The molecule has 26 heavy (non-hydrogen) atoms. The molecule has 6 nitrogen and oxygen atoms in total. The smallest absolute Gasteiger partial charge is 0.267 e. The summed E-state index contributed by atoms with van der Waals surface area (Å²) in [6.45, 7) is 1.90. The van der Waals surface area contributed by atoms with Crippen LogP contribution < -0.4 is 20.1 Å². The number of nitrogens with one attached hydrogen (secondary N) is 2. The molecule has 0 saturated heterocycles. The second-order valence-electron chi connectivity index (χ2n) is 5.29. The van der Waals surface area contributed by atoms with E-state index in [-0.39, 0.29) is 5.57 Å². The van der Waals surface area contributed by atoms with Gasteiger partial charge in [-0.2, -0.15) is 5.26 Å². The summed E-state index contributed by atoms with van der Waals surface area (Å²) in [6, 6.07) is 12.7. The van der Waals surface area contributed by atoms with Crippen LogP contribution in [0.2, 0.25) is 0 Å². The number of carbonyl (C=O) groups is 1. The summed E-state index contributed by atoms with van der Waals surface area (Å²) in [6.07, 6.45) is 1.34. The van der Waals surface area contributed by atoms with Gasteiger partial charge in [0.15, 0.2) is 0 Å². The fourth-order valence-corrected chi connectivity index (χ4v) is 2.83. The van der Waals surface area contributed by atoms with Crippen molar-refractivity contribution in [3.63, 3.8) is 0 Å². The monoisotopic (exact) mass is 463 g/mol. The summed E-state index contributed by atoms with van der Waals surface area (Å²) >= 11 is 2.20. The lowest BCUT2D eigenvalue weighted by Crippen LogP contribution is -2.15. The van der Waals surface area contributed by atoms with Crippen LogP contribution in [0.15, 0.2) is 48.2 Å². The molecular weight excluding hydrogens is 445 g/mol. The Morgan fingerprint density at radius 1 is 1.15 bits per heavy atom. The minimum Gasteiger partial charge on any atom is -0.497 e. The molecule has 2 N–H and O–H groups in total. The van der Waals surface area contributed by atoms with E-state index in [1.807, 2.05) is 31.2 Å². The highest BCUT2D eigenvalue weighted by Crippen LogP contribution is 2.29. The Bertz CT molecular complexity index is 888. The number of benzene rings is 2. The number of carbonyl (C=O) groups excluding carboxylic acids is 1. The number of rotatable bonds is 6. The molecule has 134 valence electrons. The van der Waals surface area contributed by atoms with Crippen molar-refractivity contribution in [2.24, 2.45) is 0 Å². The zero-order valence-corrected chi connectivity index (χ0v) is 16.7. The van der Waals surface area contributed by atoms with Gasteiger partial charge >= 0.3 is 0 Å². The van der Waals surface area contributed by atoms with Crippen molar-refractivity contribution in [1.82, 2.24) is 0 Å². The minimum atomic E-state index is -0.494. The molecule has 7 heteroatoms. The third-order valence-corrected chi connectivity index (χ3v) is 4.25. The molecule has 2 aromatic rings. The van der Waals surface area contributed by atoms with Crippen LogP contribution in [-0.4, -0.2) is 20.1 Å². The first-order valence-corrected chi connectivity index (χ1v) is 8.72. The summed E-state index contributed by atoms with van der Waals surface area (Å²) in [5.41, 5.74) is 2.10. The van der Waals surface area contributed by atoms with E-state index in [2.05, 4.69) is 33.2 Å². The lowest BCUT2D eigenvalue weighted by atomic mass is 10.2. The second kappa shape index (κ2) is 9.10. The van der Waals surface area contributed by atoms with Crippen LogP contribution in [0, 0.1) is 21.8 Å². The van der Waals surface area contributed by atoms with E-state index in [4.69, 9.17) is 9.47 Å². The molecule has 0 heterocycles. The molecule has 1 amide bonds. The number of ether oxygens (including phenoxy) is 2. The lowest BCUT2D eigenvalue weighted by molar-refractivity contribution is -0.112. The summed E-state index contributed by atoms with van der Waals surface area (Å²) < 4.78 is 11.5. The molecule has 0 aliphatic heterocycles. The minimum absolute atomic E-state index is 0.0622. The van der Waals surface area contributed by atoms with Crippen molar-refractivity contribution in [2.45, 2.75) is 6.92 Å². The zero-order valence-electron chi connectivity index (χ0n) is 14.6. The van der Waals surface area contributed by atoms with Gasteiger partial charge < -0.3 is 20.1 Å². The highest BCUT2D eigenvalue weighted by atomic mass is 127. The van der Waals surface area contributed by atoms with Crippen molar-refractivity contribution < 1.29 is 14.3 Å². The maximum absolute atomic E-state index is 12.4. The lowest BCUT2D eigenvalue weighted by Gasteiger charge is -2.11. The van der Waals surface area contributed by atoms with Crippen molar-refractivity contribution in [1.29, 1.82) is 5.26 Å². The van der Waals surface area contributed by atoms with E-state index in [1.165, 1.54) is 13.3 Å². The number of methoxy groups -OCH3 is 2. The average molecular weight is 463 g/mol. The topological polar surface area (TPSA) is 83.4 Å². The number of hydrogen-bond donors (Lipinski definition) is 2. The van der Waals surface area contributed by atoms with Gasteiger partial charge in [-0.25, -0.2) is 0 Å². The Balaban J connectivity index is 2.20. The van der Waals surface area contributed by atoms with Crippen LogP contribution >= 0.6 is 22.6 Å². The highest BCUT2D eigenvalue weighted by molar-refractivity contribution is 14.1. The van der Waals surface area contributed by atoms with Crippen LogP contribution in [0.3, 0.4) is 0 Å². The number of hydrogen-bond acceptors (Lipinski definition) is 5. The first-order valence-electron chi connectivity index (χ1n) is 7.64. The van der Waals surface area contributed by atoms with Gasteiger partial charge in [0, 0.05) is 21.5 Å². The zero-order chi connectivity index (χ0) is 19.1. The van der Waals surface area contributed by atoms with Crippen LogP contribution in [0.4, 0.5) is 11.4 Å². The number of halogens is 1. The van der Waals surface area contributed by atoms with Crippen molar-refractivity contribution in [2.75, 3.05) is 24.9 Å². The van der Waals surface area contributed by atoms with Crippen LogP contribution in [0.5, 0.6) is 11.5 Å².